The first-order chi connectivity index (χ1) is 18.5. The van der Waals surface area contributed by atoms with E-state index in [-0.39, 0.29) is 11.5 Å². The van der Waals surface area contributed by atoms with Gasteiger partial charge in [-0.05, 0) is 53.8 Å². The molecular formula is C28H22ClN7O2. The first kappa shape index (κ1) is 23.5. The Bertz CT molecular complexity index is 1860. The number of aromatic nitrogens is 5. The lowest BCUT2D eigenvalue weighted by Crippen LogP contribution is -2.30. The molecule has 1 amide bonds. The van der Waals surface area contributed by atoms with Gasteiger partial charge in [-0.1, -0.05) is 48.0 Å². The van der Waals surface area contributed by atoms with Gasteiger partial charge in [0.05, 0.1) is 11.6 Å². The summed E-state index contributed by atoms with van der Waals surface area (Å²) in [5, 5.41) is 12.4. The molecule has 0 aliphatic heterocycles. The fraction of sp³-hybridized carbons (Fsp3) is 0.0714. The molecule has 6 rings (SSSR count). The van der Waals surface area contributed by atoms with Crippen LogP contribution in [0.3, 0.4) is 0 Å². The summed E-state index contributed by atoms with van der Waals surface area (Å²) in [6.07, 6.45) is 2.05. The van der Waals surface area contributed by atoms with Crippen molar-refractivity contribution in [3.05, 3.63) is 111 Å². The lowest BCUT2D eigenvalue weighted by Gasteiger charge is -2.17. The molecule has 38 heavy (non-hydrogen) atoms. The van der Waals surface area contributed by atoms with Crippen molar-refractivity contribution in [3.8, 4) is 11.3 Å². The van der Waals surface area contributed by atoms with Crippen LogP contribution in [0, 0.1) is 0 Å². The SMILES string of the molecule is Nc1n[nH]c2cc(-c3nc(C(Cc4ccccc4)NC(=O)c4ccc5c(=O)[nH]ccc5c4)[nH]c3Cl)ccc12. The van der Waals surface area contributed by atoms with Gasteiger partial charge in [-0.25, -0.2) is 4.98 Å². The van der Waals surface area contributed by atoms with Gasteiger partial charge in [0, 0.05) is 28.1 Å². The second-order valence-corrected chi connectivity index (χ2v) is 9.36. The summed E-state index contributed by atoms with van der Waals surface area (Å²) in [6, 6.07) is 21.7. The number of pyridine rings is 1. The van der Waals surface area contributed by atoms with Crippen LogP contribution in [0.15, 0.2) is 83.8 Å². The molecule has 0 spiro atoms. The van der Waals surface area contributed by atoms with E-state index in [0.29, 0.717) is 45.2 Å². The minimum Gasteiger partial charge on any atom is -0.382 e. The van der Waals surface area contributed by atoms with Gasteiger partial charge in [-0.3, -0.25) is 14.7 Å². The Morgan fingerprint density at radius 1 is 1.03 bits per heavy atom. The van der Waals surface area contributed by atoms with E-state index in [2.05, 4.69) is 25.5 Å². The maximum Gasteiger partial charge on any atom is 0.255 e. The van der Waals surface area contributed by atoms with E-state index in [0.717, 1.165) is 22.0 Å². The Labute approximate surface area is 221 Å². The highest BCUT2D eigenvalue weighted by atomic mass is 35.5. The number of aromatic amines is 3. The number of amides is 1. The summed E-state index contributed by atoms with van der Waals surface area (Å²) < 4.78 is 0. The molecule has 3 aromatic heterocycles. The molecule has 0 radical (unpaired) electrons. The molecule has 0 bridgehead atoms. The highest BCUT2D eigenvalue weighted by Crippen LogP contribution is 2.31. The number of anilines is 1. The molecule has 0 saturated heterocycles. The number of rotatable bonds is 6. The quantitative estimate of drug-likeness (QED) is 0.214. The maximum absolute atomic E-state index is 13.4. The zero-order chi connectivity index (χ0) is 26.2. The van der Waals surface area contributed by atoms with Gasteiger partial charge in [-0.2, -0.15) is 5.10 Å². The predicted octanol–water partition coefficient (Wildman–Crippen LogP) is 4.74. The number of carbonyl (C=O) groups is 1. The van der Waals surface area contributed by atoms with Gasteiger partial charge >= 0.3 is 0 Å². The van der Waals surface area contributed by atoms with E-state index in [4.69, 9.17) is 22.3 Å². The molecule has 9 nitrogen and oxygen atoms in total. The van der Waals surface area contributed by atoms with Gasteiger partial charge in [-0.15, -0.1) is 0 Å². The lowest BCUT2D eigenvalue weighted by atomic mass is 10.0. The van der Waals surface area contributed by atoms with Crippen LogP contribution < -0.4 is 16.6 Å². The van der Waals surface area contributed by atoms with Crippen LogP contribution in [0.25, 0.3) is 32.9 Å². The van der Waals surface area contributed by atoms with Crippen LogP contribution >= 0.6 is 11.6 Å². The van der Waals surface area contributed by atoms with Crippen molar-refractivity contribution < 1.29 is 4.79 Å². The van der Waals surface area contributed by atoms with E-state index in [9.17, 15) is 9.59 Å². The molecule has 0 aliphatic carbocycles. The van der Waals surface area contributed by atoms with Gasteiger partial charge in [0.25, 0.3) is 11.5 Å². The summed E-state index contributed by atoms with van der Waals surface area (Å²) in [7, 11) is 0. The molecular weight excluding hydrogens is 502 g/mol. The van der Waals surface area contributed by atoms with Crippen LogP contribution in [-0.4, -0.2) is 31.1 Å². The number of nitrogen functional groups attached to an aromatic ring is 1. The first-order valence-electron chi connectivity index (χ1n) is 11.9. The standard InChI is InChI=1S/C28H22ClN7O2/c29-24-23(17-6-9-20-21(14-17)35-36-25(20)30)33-26(34-24)22(12-15-4-2-1-3-5-15)32-27(37)18-7-8-19-16(13-18)10-11-31-28(19)38/h1-11,13-14,22H,12H2,(H,31,38)(H,32,37)(H,33,34)(H3,30,35,36). The molecule has 0 aliphatic rings. The smallest absolute Gasteiger partial charge is 0.255 e. The molecule has 188 valence electrons. The topological polar surface area (TPSA) is 145 Å². The number of carbonyl (C=O) groups excluding carboxylic acids is 1. The lowest BCUT2D eigenvalue weighted by molar-refractivity contribution is 0.0935. The van der Waals surface area contributed by atoms with Gasteiger partial charge < -0.3 is 21.0 Å². The number of halogens is 1. The van der Waals surface area contributed by atoms with E-state index >= 15 is 0 Å². The predicted molar refractivity (Wildman–Crippen MR) is 148 cm³/mol. The summed E-state index contributed by atoms with van der Waals surface area (Å²) in [5.74, 6) is 0.643. The van der Waals surface area contributed by atoms with Crippen molar-refractivity contribution in [2.24, 2.45) is 0 Å². The third-order valence-electron chi connectivity index (χ3n) is 6.50. The number of hydrogen-bond donors (Lipinski definition) is 5. The average molecular weight is 524 g/mol. The maximum atomic E-state index is 13.4. The number of hydrogen-bond acceptors (Lipinski definition) is 5. The monoisotopic (exact) mass is 523 g/mol. The molecule has 3 heterocycles. The van der Waals surface area contributed by atoms with E-state index in [1.54, 1.807) is 30.5 Å². The number of nitrogens with zero attached hydrogens (tertiary/aromatic N) is 2. The van der Waals surface area contributed by atoms with E-state index in [1.807, 2.05) is 48.5 Å². The molecule has 1 unspecified atom stereocenters. The first-order valence-corrected chi connectivity index (χ1v) is 12.3. The van der Waals surface area contributed by atoms with Crippen molar-refractivity contribution in [1.29, 1.82) is 0 Å². The van der Waals surface area contributed by atoms with E-state index in [1.165, 1.54) is 0 Å². The number of H-pyrrole nitrogens is 3. The molecule has 6 aromatic rings. The van der Waals surface area contributed by atoms with Crippen LogP contribution in [0.5, 0.6) is 0 Å². The highest BCUT2D eigenvalue weighted by Gasteiger charge is 2.23. The van der Waals surface area contributed by atoms with Gasteiger partial charge in [0.1, 0.15) is 16.7 Å². The minimum absolute atomic E-state index is 0.204. The molecule has 0 fully saturated rings. The molecule has 1 atom stereocenters. The zero-order valence-corrected chi connectivity index (χ0v) is 20.7. The molecule has 3 aromatic carbocycles. The Hall–Kier alpha value is -4.89. The van der Waals surface area contributed by atoms with Crippen molar-refractivity contribution >= 4 is 45.0 Å². The molecule has 6 N–H and O–H groups in total. The van der Waals surface area contributed by atoms with Crippen molar-refractivity contribution in [1.82, 2.24) is 30.5 Å². The number of nitrogens with two attached hydrogens (primary N) is 1. The fourth-order valence-electron chi connectivity index (χ4n) is 4.55. The summed E-state index contributed by atoms with van der Waals surface area (Å²) in [4.78, 5) is 36.0. The Kier molecular flexibility index (Phi) is 5.89. The summed E-state index contributed by atoms with van der Waals surface area (Å²) in [5.41, 5.74) is 9.24. The number of fused-ring (bicyclic) bond motifs is 2. The van der Waals surface area contributed by atoms with Gasteiger partial charge in [0.15, 0.2) is 5.82 Å². The summed E-state index contributed by atoms with van der Waals surface area (Å²) in [6.45, 7) is 0. The molecule has 0 saturated carbocycles. The highest BCUT2D eigenvalue weighted by molar-refractivity contribution is 6.32. The zero-order valence-electron chi connectivity index (χ0n) is 20.0. The van der Waals surface area contributed by atoms with Crippen molar-refractivity contribution in [2.45, 2.75) is 12.5 Å². The van der Waals surface area contributed by atoms with Crippen molar-refractivity contribution in [2.75, 3.05) is 5.73 Å². The number of nitrogens with one attached hydrogen (secondary N) is 4. The minimum atomic E-state index is -0.502. The Balaban J connectivity index is 1.35. The second-order valence-electron chi connectivity index (χ2n) is 8.98. The average Bonchev–Trinajstić information content (AvgIpc) is 3.50. The van der Waals surface area contributed by atoms with Crippen LogP contribution in [0.2, 0.25) is 5.15 Å². The Morgan fingerprint density at radius 3 is 2.68 bits per heavy atom. The number of benzene rings is 3. The fourth-order valence-corrected chi connectivity index (χ4v) is 4.80. The van der Waals surface area contributed by atoms with Gasteiger partial charge in [0.2, 0.25) is 0 Å². The van der Waals surface area contributed by atoms with Crippen LogP contribution in [0.4, 0.5) is 5.82 Å². The summed E-state index contributed by atoms with van der Waals surface area (Å²) >= 11 is 6.60. The van der Waals surface area contributed by atoms with Crippen molar-refractivity contribution in [3.63, 3.8) is 0 Å². The number of imidazole rings is 1. The Morgan fingerprint density at radius 2 is 1.84 bits per heavy atom. The third kappa shape index (κ3) is 4.39. The van der Waals surface area contributed by atoms with Crippen LogP contribution in [-0.2, 0) is 6.42 Å². The van der Waals surface area contributed by atoms with Crippen LogP contribution in [0.1, 0.15) is 27.8 Å². The third-order valence-corrected chi connectivity index (χ3v) is 6.77. The second kappa shape index (κ2) is 9.53. The largest absolute Gasteiger partial charge is 0.382 e. The van der Waals surface area contributed by atoms with E-state index < -0.39 is 6.04 Å². The normalized spacial score (nSPS) is 12.1. The molecule has 10 heteroatoms.